The predicted molar refractivity (Wildman–Crippen MR) is 120 cm³/mol. The molecule has 0 unspecified atom stereocenters. The third kappa shape index (κ3) is 3.06. The molecule has 5 rings (SSSR count). The molecule has 0 atom stereocenters. The van der Waals surface area contributed by atoms with Gasteiger partial charge in [-0.15, -0.1) is 16.4 Å². The average molecular weight is 439 g/mol. The summed E-state index contributed by atoms with van der Waals surface area (Å²) in [6.45, 7) is 4.09. The lowest BCUT2D eigenvalue weighted by Gasteiger charge is -2.04. The number of carbonyl (C=O) groups is 1. The number of aryl methyl sites for hydroxylation is 3. The molecule has 0 bridgehead atoms. The fourth-order valence-electron chi connectivity index (χ4n) is 4.08. The van der Waals surface area contributed by atoms with Crippen LogP contribution >= 0.6 is 23.6 Å². The summed E-state index contributed by atoms with van der Waals surface area (Å²) in [5.41, 5.74) is 3.28. The number of fused-ring (bicyclic) bond motifs is 4. The van der Waals surface area contributed by atoms with Gasteiger partial charge in [0.15, 0.2) is 0 Å². The van der Waals surface area contributed by atoms with Gasteiger partial charge in [0.2, 0.25) is 11.6 Å². The molecule has 0 aliphatic heterocycles. The number of carbonyl (C=O) groups excluding carboxylic acids is 1. The second-order valence-corrected chi connectivity index (χ2v) is 9.06. The lowest BCUT2D eigenvalue weighted by molar-refractivity contribution is 0.0510. The predicted octanol–water partition coefficient (Wildman–Crippen LogP) is 5.22. The molecule has 154 valence electrons. The number of esters is 1. The van der Waals surface area contributed by atoms with E-state index < -0.39 is 5.97 Å². The van der Waals surface area contributed by atoms with Crippen molar-refractivity contribution in [1.29, 1.82) is 0 Å². The fourth-order valence-corrected chi connectivity index (χ4v) is 5.78. The van der Waals surface area contributed by atoms with Crippen molar-refractivity contribution in [3.8, 4) is 5.69 Å². The summed E-state index contributed by atoms with van der Waals surface area (Å²) in [7, 11) is 0. The Bertz CT molecular complexity index is 1330. The SMILES string of the molecule is CCOC(=O)c1nn(-c2ccc(C)cc2)c2nc3sc4c(c3c(=S)n12)CCCCC4. The van der Waals surface area contributed by atoms with Gasteiger partial charge in [-0.05, 0) is 57.2 Å². The molecule has 1 aliphatic carbocycles. The Kier molecular flexibility index (Phi) is 4.91. The number of nitrogens with zero attached hydrogens (tertiary/aromatic N) is 4. The lowest BCUT2D eigenvalue weighted by Crippen LogP contribution is -2.10. The largest absolute Gasteiger partial charge is 0.460 e. The topological polar surface area (TPSA) is 61.4 Å². The third-order valence-corrected chi connectivity index (χ3v) is 7.13. The Morgan fingerprint density at radius 3 is 2.73 bits per heavy atom. The van der Waals surface area contributed by atoms with Gasteiger partial charge in [-0.1, -0.05) is 36.3 Å². The quantitative estimate of drug-likeness (QED) is 0.249. The van der Waals surface area contributed by atoms with E-state index in [0.717, 1.165) is 40.7 Å². The van der Waals surface area contributed by atoms with Crippen LogP contribution in [-0.2, 0) is 17.6 Å². The van der Waals surface area contributed by atoms with Gasteiger partial charge in [-0.3, -0.25) is 0 Å². The van der Waals surface area contributed by atoms with Crippen LogP contribution in [0.3, 0.4) is 0 Å². The maximum absolute atomic E-state index is 12.7. The Hall–Kier alpha value is -2.58. The summed E-state index contributed by atoms with van der Waals surface area (Å²) < 4.78 is 9.25. The zero-order valence-electron chi connectivity index (χ0n) is 17.0. The van der Waals surface area contributed by atoms with Crippen molar-refractivity contribution in [3.63, 3.8) is 0 Å². The highest BCUT2D eigenvalue weighted by Crippen LogP contribution is 2.36. The molecule has 0 N–H and O–H groups in total. The van der Waals surface area contributed by atoms with Crippen molar-refractivity contribution in [1.82, 2.24) is 19.2 Å². The second kappa shape index (κ2) is 7.59. The molecular formula is C22H22N4O2S2. The summed E-state index contributed by atoms with van der Waals surface area (Å²) in [6.07, 6.45) is 5.67. The first-order valence-electron chi connectivity index (χ1n) is 10.3. The molecular weight excluding hydrogens is 416 g/mol. The molecule has 0 radical (unpaired) electrons. The Morgan fingerprint density at radius 1 is 1.20 bits per heavy atom. The summed E-state index contributed by atoms with van der Waals surface area (Å²) in [5, 5.41) is 5.58. The van der Waals surface area contributed by atoms with Gasteiger partial charge >= 0.3 is 5.97 Å². The van der Waals surface area contributed by atoms with Crippen LogP contribution in [0.15, 0.2) is 24.3 Å². The van der Waals surface area contributed by atoms with Crippen LogP contribution in [0.5, 0.6) is 0 Å². The van der Waals surface area contributed by atoms with Gasteiger partial charge in [-0.2, -0.15) is 4.68 Å². The minimum atomic E-state index is -0.494. The summed E-state index contributed by atoms with van der Waals surface area (Å²) in [6, 6.07) is 7.96. The van der Waals surface area contributed by atoms with E-state index in [1.807, 2.05) is 31.2 Å². The monoisotopic (exact) mass is 438 g/mol. The van der Waals surface area contributed by atoms with E-state index in [2.05, 4.69) is 5.10 Å². The van der Waals surface area contributed by atoms with E-state index in [-0.39, 0.29) is 12.4 Å². The van der Waals surface area contributed by atoms with Crippen LogP contribution in [0.4, 0.5) is 0 Å². The number of ether oxygens (including phenoxy) is 1. The van der Waals surface area contributed by atoms with Gasteiger partial charge in [0.1, 0.15) is 9.47 Å². The standard InChI is InChI=1S/C22H22N4O2S2/c1-3-28-21(27)18-24-26(14-11-9-13(2)10-12-14)22-23-19-17(20(29)25(18)22)15-7-5-4-6-8-16(15)30-19/h9-12H,3-8H2,1-2H3. The third-order valence-electron chi connectivity index (χ3n) is 5.55. The van der Waals surface area contributed by atoms with Gasteiger partial charge in [0.25, 0.3) is 0 Å². The number of hydrogen-bond donors (Lipinski definition) is 0. The number of benzene rings is 1. The lowest BCUT2D eigenvalue weighted by atomic mass is 10.1. The summed E-state index contributed by atoms with van der Waals surface area (Å²) in [4.78, 5) is 20.0. The minimum absolute atomic E-state index is 0.167. The molecule has 6 nitrogen and oxygen atoms in total. The van der Waals surface area contributed by atoms with Crippen molar-refractivity contribution in [3.05, 3.63) is 50.7 Å². The van der Waals surface area contributed by atoms with Crippen molar-refractivity contribution < 1.29 is 9.53 Å². The molecule has 4 aromatic rings. The van der Waals surface area contributed by atoms with Gasteiger partial charge in [-0.25, -0.2) is 14.2 Å². The van der Waals surface area contributed by atoms with Crippen molar-refractivity contribution in [2.45, 2.75) is 46.0 Å². The van der Waals surface area contributed by atoms with E-state index in [1.54, 1.807) is 27.3 Å². The molecule has 0 amide bonds. The van der Waals surface area contributed by atoms with Gasteiger partial charge in [0, 0.05) is 4.88 Å². The fraction of sp³-hybridized carbons (Fsp3) is 0.364. The van der Waals surface area contributed by atoms with Crippen molar-refractivity contribution >= 4 is 45.5 Å². The van der Waals surface area contributed by atoms with E-state index in [1.165, 1.54) is 23.3 Å². The summed E-state index contributed by atoms with van der Waals surface area (Å²) in [5.74, 6) is 0.211. The van der Waals surface area contributed by atoms with Crippen LogP contribution < -0.4 is 0 Å². The molecule has 0 saturated heterocycles. The zero-order valence-corrected chi connectivity index (χ0v) is 18.6. The van der Waals surface area contributed by atoms with Crippen molar-refractivity contribution in [2.24, 2.45) is 0 Å². The van der Waals surface area contributed by atoms with Gasteiger partial charge in [0.05, 0.1) is 17.7 Å². The molecule has 3 aromatic heterocycles. The summed E-state index contributed by atoms with van der Waals surface area (Å²) >= 11 is 7.65. The van der Waals surface area contributed by atoms with Gasteiger partial charge < -0.3 is 4.74 Å². The molecule has 3 heterocycles. The van der Waals surface area contributed by atoms with Crippen LogP contribution in [0.25, 0.3) is 21.7 Å². The highest BCUT2D eigenvalue weighted by molar-refractivity contribution is 7.71. The van der Waals surface area contributed by atoms with Crippen LogP contribution in [-0.4, -0.2) is 31.7 Å². The molecule has 0 spiro atoms. The molecule has 8 heteroatoms. The Labute approximate surface area is 183 Å². The van der Waals surface area contributed by atoms with Crippen molar-refractivity contribution in [2.75, 3.05) is 6.61 Å². The van der Waals surface area contributed by atoms with E-state index >= 15 is 0 Å². The molecule has 0 fully saturated rings. The number of aromatic nitrogens is 4. The number of thiophene rings is 1. The first kappa shape index (κ1) is 19.4. The van der Waals surface area contributed by atoms with E-state index in [9.17, 15) is 4.79 Å². The first-order valence-corrected chi connectivity index (χ1v) is 11.5. The van der Waals surface area contributed by atoms with Crippen LogP contribution in [0, 0.1) is 11.6 Å². The first-order chi connectivity index (χ1) is 14.6. The smallest absolute Gasteiger partial charge is 0.376 e. The molecule has 0 saturated carbocycles. The average Bonchev–Trinajstić information content (AvgIpc) is 3.20. The number of rotatable bonds is 3. The van der Waals surface area contributed by atoms with Crippen LogP contribution in [0.1, 0.15) is 52.8 Å². The highest BCUT2D eigenvalue weighted by Gasteiger charge is 2.25. The Balaban J connectivity index is 1.85. The Morgan fingerprint density at radius 2 is 1.97 bits per heavy atom. The maximum Gasteiger partial charge on any atom is 0.376 e. The van der Waals surface area contributed by atoms with E-state index in [0.29, 0.717) is 10.4 Å². The molecule has 1 aromatic carbocycles. The molecule has 30 heavy (non-hydrogen) atoms. The van der Waals surface area contributed by atoms with Crippen LogP contribution in [0.2, 0.25) is 0 Å². The highest BCUT2D eigenvalue weighted by atomic mass is 32.1. The zero-order chi connectivity index (χ0) is 20.8. The number of hydrogen-bond acceptors (Lipinski definition) is 6. The normalized spacial score (nSPS) is 14.1. The molecule has 1 aliphatic rings. The minimum Gasteiger partial charge on any atom is -0.460 e. The van der Waals surface area contributed by atoms with E-state index in [4.69, 9.17) is 21.9 Å². The second-order valence-electron chi connectivity index (χ2n) is 7.59. The maximum atomic E-state index is 12.7.